The molecule has 0 spiro atoms. The van der Waals surface area contributed by atoms with E-state index < -0.39 is 0 Å². The number of aromatic nitrogens is 2. The van der Waals surface area contributed by atoms with Gasteiger partial charge in [-0.05, 0) is 13.3 Å². The Labute approximate surface area is 144 Å². The average molecular weight is 329 g/mol. The van der Waals surface area contributed by atoms with Crippen LogP contribution in [-0.2, 0) is 6.42 Å². The van der Waals surface area contributed by atoms with Crippen LogP contribution in [0.1, 0.15) is 102 Å². The molecule has 0 aliphatic carbocycles. The molecule has 1 aromatic rings. The van der Waals surface area contributed by atoms with Crippen LogP contribution in [0, 0.1) is 6.92 Å². The van der Waals surface area contributed by atoms with E-state index in [9.17, 15) is 0 Å². The predicted molar refractivity (Wildman–Crippen MR) is 100.0 cm³/mol. The van der Waals surface area contributed by atoms with Gasteiger partial charge in [0.25, 0.3) is 0 Å². The minimum Gasteiger partial charge on any atom is -0.346 e. The summed E-state index contributed by atoms with van der Waals surface area (Å²) in [5, 5.41) is 0. The Bertz CT molecular complexity index is 336. The molecule has 0 radical (unpaired) electrons. The molecule has 0 bridgehead atoms. The molecular formula is C19H37ClN2. The van der Waals surface area contributed by atoms with Crippen LogP contribution in [0.25, 0.3) is 0 Å². The van der Waals surface area contributed by atoms with Crippen molar-refractivity contribution >= 4 is 12.4 Å². The van der Waals surface area contributed by atoms with E-state index in [0.717, 1.165) is 12.2 Å². The van der Waals surface area contributed by atoms with Gasteiger partial charge >= 0.3 is 0 Å². The van der Waals surface area contributed by atoms with E-state index in [0.29, 0.717) is 0 Å². The van der Waals surface area contributed by atoms with Gasteiger partial charge in [0, 0.05) is 18.3 Å². The zero-order chi connectivity index (χ0) is 15.2. The number of imidazole rings is 1. The first-order valence-corrected chi connectivity index (χ1v) is 9.33. The zero-order valence-corrected chi connectivity index (χ0v) is 15.6. The fraction of sp³-hybridized carbons (Fsp3) is 0.842. The smallest absolute Gasteiger partial charge is 0.106 e. The highest BCUT2D eigenvalue weighted by atomic mass is 35.5. The van der Waals surface area contributed by atoms with Crippen LogP contribution >= 0.6 is 12.4 Å². The highest BCUT2D eigenvalue weighted by Crippen LogP contribution is 2.13. The first kappa shape index (κ1) is 21.5. The minimum atomic E-state index is 0. The normalized spacial score (nSPS) is 10.6. The topological polar surface area (TPSA) is 28.7 Å². The lowest BCUT2D eigenvalue weighted by atomic mass is 10.0. The number of nitrogens with zero attached hydrogens (tertiary/aromatic N) is 1. The molecule has 0 fully saturated rings. The lowest BCUT2D eigenvalue weighted by Gasteiger charge is -2.02. The monoisotopic (exact) mass is 328 g/mol. The summed E-state index contributed by atoms with van der Waals surface area (Å²) >= 11 is 0. The van der Waals surface area contributed by atoms with Crippen LogP contribution in [0.2, 0.25) is 0 Å². The van der Waals surface area contributed by atoms with E-state index >= 15 is 0 Å². The second-order valence-electron chi connectivity index (χ2n) is 6.51. The van der Waals surface area contributed by atoms with Gasteiger partial charge in [-0.2, -0.15) is 0 Å². The van der Waals surface area contributed by atoms with Gasteiger partial charge in [0.15, 0.2) is 0 Å². The first-order chi connectivity index (χ1) is 10.3. The second kappa shape index (κ2) is 15.4. The number of hydrogen-bond acceptors (Lipinski definition) is 1. The van der Waals surface area contributed by atoms with Crippen molar-refractivity contribution in [1.82, 2.24) is 9.97 Å². The van der Waals surface area contributed by atoms with Gasteiger partial charge in [-0.25, -0.2) is 4.98 Å². The molecule has 0 amide bonds. The number of rotatable bonds is 14. The van der Waals surface area contributed by atoms with E-state index in [1.54, 1.807) is 0 Å². The number of nitrogens with one attached hydrogen (secondary N) is 1. The van der Waals surface area contributed by atoms with Crippen molar-refractivity contribution < 1.29 is 0 Å². The molecule has 0 aromatic carbocycles. The molecule has 0 unspecified atom stereocenters. The maximum Gasteiger partial charge on any atom is 0.106 e. The van der Waals surface area contributed by atoms with E-state index in [1.807, 2.05) is 6.20 Å². The molecule has 0 atom stereocenters. The summed E-state index contributed by atoms with van der Waals surface area (Å²) in [6, 6.07) is 0. The number of aryl methyl sites for hydroxylation is 2. The Morgan fingerprint density at radius 1 is 0.773 bits per heavy atom. The molecule has 0 aliphatic rings. The lowest BCUT2D eigenvalue weighted by Crippen LogP contribution is -1.89. The summed E-state index contributed by atoms with van der Waals surface area (Å²) in [7, 11) is 0. The van der Waals surface area contributed by atoms with Crippen LogP contribution in [0.5, 0.6) is 0 Å². The standard InChI is InChI=1S/C19H36N2.ClH/c1-3-4-5-6-7-8-9-10-11-12-13-14-15-16-19-20-17-18(2)21-19;/h17H,3-16H2,1-2H3,(H,20,21);1H. The van der Waals surface area contributed by atoms with Crippen molar-refractivity contribution in [2.75, 3.05) is 0 Å². The maximum atomic E-state index is 4.35. The van der Waals surface area contributed by atoms with Gasteiger partial charge in [-0.3, -0.25) is 0 Å². The van der Waals surface area contributed by atoms with Gasteiger partial charge in [0.1, 0.15) is 5.82 Å². The Kier molecular flexibility index (Phi) is 15.0. The molecule has 1 rings (SSSR count). The lowest BCUT2D eigenvalue weighted by molar-refractivity contribution is 0.538. The minimum absolute atomic E-state index is 0. The fourth-order valence-corrected chi connectivity index (χ4v) is 2.90. The van der Waals surface area contributed by atoms with Crippen molar-refractivity contribution in [2.24, 2.45) is 0 Å². The van der Waals surface area contributed by atoms with Gasteiger partial charge in [-0.1, -0.05) is 84.0 Å². The number of hydrogen-bond donors (Lipinski definition) is 1. The molecular weight excluding hydrogens is 292 g/mol. The number of halogens is 1. The van der Waals surface area contributed by atoms with Crippen molar-refractivity contribution in [2.45, 2.75) is 104 Å². The Hall–Kier alpha value is -0.500. The molecule has 0 saturated carbocycles. The van der Waals surface area contributed by atoms with Crippen molar-refractivity contribution in [3.63, 3.8) is 0 Å². The van der Waals surface area contributed by atoms with Crippen LogP contribution in [0.3, 0.4) is 0 Å². The average Bonchev–Trinajstić information content (AvgIpc) is 2.89. The largest absolute Gasteiger partial charge is 0.346 e. The van der Waals surface area contributed by atoms with Crippen LogP contribution < -0.4 is 0 Å². The molecule has 1 heterocycles. The summed E-state index contributed by atoms with van der Waals surface area (Å²) in [5.74, 6) is 1.16. The first-order valence-electron chi connectivity index (χ1n) is 9.33. The quantitative estimate of drug-likeness (QED) is 0.375. The summed E-state index contributed by atoms with van der Waals surface area (Å²) in [5.41, 5.74) is 1.18. The van der Waals surface area contributed by atoms with E-state index in [-0.39, 0.29) is 12.4 Å². The SMILES string of the molecule is CCCCCCCCCCCCCCCc1ncc(C)[nH]1.Cl. The summed E-state index contributed by atoms with van der Waals surface area (Å²) in [6.07, 6.45) is 21.5. The third kappa shape index (κ3) is 12.1. The third-order valence-electron chi connectivity index (χ3n) is 4.27. The van der Waals surface area contributed by atoms with Crippen molar-refractivity contribution in [3.05, 3.63) is 17.7 Å². The van der Waals surface area contributed by atoms with Gasteiger partial charge < -0.3 is 4.98 Å². The van der Waals surface area contributed by atoms with Crippen molar-refractivity contribution in [1.29, 1.82) is 0 Å². The molecule has 3 heteroatoms. The van der Waals surface area contributed by atoms with Crippen molar-refractivity contribution in [3.8, 4) is 0 Å². The summed E-state index contributed by atoms with van der Waals surface area (Å²) in [6.45, 7) is 4.36. The Balaban J connectivity index is 0.00000441. The van der Waals surface area contributed by atoms with Crippen LogP contribution in [0.4, 0.5) is 0 Å². The van der Waals surface area contributed by atoms with Gasteiger partial charge in [0.2, 0.25) is 0 Å². The molecule has 2 nitrogen and oxygen atoms in total. The predicted octanol–water partition coefficient (Wildman–Crippen LogP) is 6.77. The second-order valence-corrected chi connectivity index (χ2v) is 6.51. The van der Waals surface area contributed by atoms with Crippen LogP contribution in [0.15, 0.2) is 6.20 Å². The summed E-state index contributed by atoms with van der Waals surface area (Å²) in [4.78, 5) is 7.66. The van der Waals surface area contributed by atoms with Crippen LogP contribution in [-0.4, -0.2) is 9.97 Å². The number of aromatic amines is 1. The molecule has 1 N–H and O–H groups in total. The van der Waals surface area contributed by atoms with E-state index in [2.05, 4.69) is 23.8 Å². The van der Waals surface area contributed by atoms with E-state index in [1.165, 1.54) is 89.2 Å². The molecule has 22 heavy (non-hydrogen) atoms. The molecule has 130 valence electrons. The molecule has 1 aromatic heterocycles. The zero-order valence-electron chi connectivity index (χ0n) is 14.8. The molecule has 0 saturated heterocycles. The Morgan fingerprint density at radius 2 is 1.23 bits per heavy atom. The fourth-order valence-electron chi connectivity index (χ4n) is 2.90. The summed E-state index contributed by atoms with van der Waals surface area (Å²) < 4.78 is 0. The highest BCUT2D eigenvalue weighted by molar-refractivity contribution is 5.85. The molecule has 0 aliphatic heterocycles. The number of H-pyrrole nitrogens is 1. The number of unbranched alkanes of at least 4 members (excludes halogenated alkanes) is 12. The highest BCUT2D eigenvalue weighted by Gasteiger charge is 1.97. The van der Waals surface area contributed by atoms with Gasteiger partial charge in [-0.15, -0.1) is 12.4 Å². The third-order valence-corrected chi connectivity index (χ3v) is 4.27. The van der Waals surface area contributed by atoms with E-state index in [4.69, 9.17) is 0 Å². The Morgan fingerprint density at radius 3 is 1.64 bits per heavy atom. The van der Waals surface area contributed by atoms with Gasteiger partial charge in [0.05, 0.1) is 0 Å². The maximum absolute atomic E-state index is 4.35.